The van der Waals surface area contributed by atoms with Crippen molar-refractivity contribution in [3.8, 4) is 6.07 Å². The second kappa shape index (κ2) is 6.64. The molecule has 0 N–H and O–H groups in total. The van der Waals surface area contributed by atoms with Gasteiger partial charge >= 0.3 is 15.2 Å². The van der Waals surface area contributed by atoms with Crippen LogP contribution >= 0.6 is 15.2 Å². The Morgan fingerprint density at radius 3 is 1.45 bits per heavy atom. The molecule has 0 aliphatic carbocycles. The molecule has 0 atom stereocenters. The van der Waals surface area contributed by atoms with Crippen molar-refractivity contribution < 1.29 is 27.2 Å². The van der Waals surface area contributed by atoms with E-state index in [0.29, 0.717) is 0 Å². The van der Waals surface area contributed by atoms with Crippen molar-refractivity contribution in [2.24, 2.45) is 0 Å². The van der Waals surface area contributed by atoms with Crippen LogP contribution in [0.2, 0.25) is 0 Å². The third kappa shape index (κ3) is 3.18. The van der Waals surface area contributed by atoms with Crippen molar-refractivity contribution >= 4 is 25.8 Å². The molecule has 0 radical (unpaired) electrons. The Bertz CT molecular complexity index is 564. The molecule has 1 rings (SSSR count). The highest BCUT2D eigenvalue weighted by atomic mass is 31.2. The van der Waals surface area contributed by atoms with E-state index in [9.17, 15) is 9.13 Å². The molecular weight excluding hydrogens is 304 g/mol. The van der Waals surface area contributed by atoms with Gasteiger partial charge < -0.3 is 18.1 Å². The van der Waals surface area contributed by atoms with Crippen LogP contribution in [0.1, 0.15) is 5.56 Å². The number of nitriles is 1. The zero-order chi connectivity index (χ0) is 15.4. The van der Waals surface area contributed by atoms with Crippen LogP contribution in [-0.2, 0) is 27.2 Å². The lowest BCUT2D eigenvalue weighted by atomic mass is 10.2. The Kier molecular flexibility index (Phi) is 5.67. The monoisotopic (exact) mass is 319 g/mol. The molecule has 0 saturated carbocycles. The van der Waals surface area contributed by atoms with E-state index < -0.39 is 15.2 Å². The molecule has 0 saturated heterocycles. The quantitative estimate of drug-likeness (QED) is 0.737. The van der Waals surface area contributed by atoms with Crippen LogP contribution in [0.15, 0.2) is 18.2 Å². The predicted octanol–water partition coefficient (Wildman–Crippen LogP) is 1.78. The minimum Gasteiger partial charge on any atom is -0.309 e. The van der Waals surface area contributed by atoms with Gasteiger partial charge in [-0.15, -0.1) is 0 Å². The Hall–Kier alpha value is -0.990. The van der Waals surface area contributed by atoms with E-state index in [4.69, 9.17) is 23.4 Å². The normalized spacial score (nSPS) is 12.2. The van der Waals surface area contributed by atoms with Crippen molar-refractivity contribution in [3.05, 3.63) is 23.8 Å². The van der Waals surface area contributed by atoms with E-state index in [1.165, 1.54) is 46.6 Å². The lowest BCUT2D eigenvalue weighted by Gasteiger charge is -2.18. The first-order valence-corrected chi connectivity index (χ1v) is 8.47. The molecule has 1 aromatic rings. The van der Waals surface area contributed by atoms with Gasteiger partial charge in [-0.2, -0.15) is 5.26 Å². The number of hydrogen-bond donors (Lipinski definition) is 0. The van der Waals surface area contributed by atoms with Gasteiger partial charge in [-0.05, 0) is 18.2 Å². The highest BCUT2D eigenvalue weighted by molar-refractivity contribution is 7.63. The van der Waals surface area contributed by atoms with Gasteiger partial charge in [-0.1, -0.05) is 0 Å². The molecule has 0 fully saturated rings. The third-order valence-electron chi connectivity index (χ3n) is 2.63. The summed E-state index contributed by atoms with van der Waals surface area (Å²) in [5.41, 5.74) is 0.140. The molecule has 0 aliphatic heterocycles. The Morgan fingerprint density at radius 2 is 1.20 bits per heavy atom. The Labute approximate surface area is 117 Å². The van der Waals surface area contributed by atoms with E-state index in [-0.39, 0.29) is 16.2 Å². The molecule has 0 amide bonds. The standard InChI is InChI=1S/C11H15NO6P2/c1-15-19(13,16-2)10-5-9(8-12)6-11(7-10)20(14,17-3)18-4/h5-7H,1-4H3. The lowest BCUT2D eigenvalue weighted by molar-refractivity contribution is 0.287. The average Bonchev–Trinajstić information content (AvgIpc) is 2.52. The van der Waals surface area contributed by atoms with Crippen LogP contribution in [0.3, 0.4) is 0 Å². The third-order valence-corrected chi connectivity index (χ3v) is 6.33. The number of rotatable bonds is 6. The summed E-state index contributed by atoms with van der Waals surface area (Å²) < 4.78 is 44.1. The van der Waals surface area contributed by atoms with E-state index in [2.05, 4.69) is 0 Å². The van der Waals surface area contributed by atoms with Crippen LogP contribution in [0.25, 0.3) is 0 Å². The lowest BCUT2D eigenvalue weighted by Crippen LogP contribution is -2.18. The molecule has 110 valence electrons. The van der Waals surface area contributed by atoms with E-state index >= 15 is 0 Å². The Morgan fingerprint density at radius 1 is 0.850 bits per heavy atom. The van der Waals surface area contributed by atoms with Crippen LogP contribution in [0, 0.1) is 11.3 Å². The summed E-state index contributed by atoms with van der Waals surface area (Å²) in [6.45, 7) is 0. The first-order chi connectivity index (χ1) is 9.38. The van der Waals surface area contributed by atoms with E-state index in [1.54, 1.807) is 0 Å². The number of nitrogens with zero attached hydrogens (tertiary/aromatic N) is 1. The number of hydrogen-bond acceptors (Lipinski definition) is 7. The predicted molar refractivity (Wildman–Crippen MR) is 73.7 cm³/mol. The molecule has 0 aliphatic rings. The van der Waals surface area contributed by atoms with Crippen LogP contribution in [0.4, 0.5) is 0 Å². The summed E-state index contributed by atoms with van der Waals surface area (Å²) in [7, 11) is -2.28. The highest BCUT2D eigenvalue weighted by Gasteiger charge is 2.31. The first kappa shape index (κ1) is 17.1. The summed E-state index contributed by atoms with van der Waals surface area (Å²) >= 11 is 0. The van der Waals surface area contributed by atoms with Crippen molar-refractivity contribution in [1.29, 1.82) is 5.26 Å². The van der Waals surface area contributed by atoms with Crippen molar-refractivity contribution in [2.75, 3.05) is 28.4 Å². The molecule has 1 aromatic carbocycles. The van der Waals surface area contributed by atoms with Gasteiger partial charge in [-0.25, -0.2) is 0 Å². The van der Waals surface area contributed by atoms with Crippen molar-refractivity contribution in [1.82, 2.24) is 0 Å². The molecule has 0 aromatic heterocycles. The fourth-order valence-electron chi connectivity index (χ4n) is 1.55. The maximum atomic E-state index is 12.4. The van der Waals surface area contributed by atoms with Gasteiger partial charge in [-0.3, -0.25) is 9.13 Å². The second-order valence-electron chi connectivity index (χ2n) is 3.58. The maximum absolute atomic E-state index is 12.4. The van der Waals surface area contributed by atoms with Crippen molar-refractivity contribution in [3.63, 3.8) is 0 Å². The zero-order valence-corrected chi connectivity index (χ0v) is 13.3. The summed E-state index contributed by atoms with van der Waals surface area (Å²) in [6.07, 6.45) is 0. The second-order valence-corrected chi connectivity index (χ2v) is 8.06. The molecule has 0 spiro atoms. The summed E-state index contributed by atoms with van der Waals surface area (Å²) in [4.78, 5) is 0. The maximum Gasteiger partial charge on any atom is 0.360 e. The minimum atomic E-state index is -3.57. The van der Waals surface area contributed by atoms with Gasteiger partial charge in [0, 0.05) is 28.4 Å². The topological polar surface area (TPSA) is 94.9 Å². The molecule has 0 bridgehead atoms. The molecule has 20 heavy (non-hydrogen) atoms. The van der Waals surface area contributed by atoms with E-state index in [1.807, 2.05) is 6.07 Å². The Balaban J connectivity index is 3.56. The molecule has 0 heterocycles. The molecular formula is C11H15NO6P2. The molecule has 7 nitrogen and oxygen atoms in total. The van der Waals surface area contributed by atoms with Crippen LogP contribution in [-0.4, -0.2) is 28.4 Å². The minimum absolute atomic E-state index is 0.103. The molecule has 9 heteroatoms. The smallest absolute Gasteiger partial charge is 0.309 e. The largest absolute Gasteiger partial charge is 0.360 e. The van der Waals surface area contributed by atoms with Crippen molar-refractivity contribution in [2.45, 2.75) is 0 Å². The fraction of sp³-hybridized carbons (Fsp3) is 0.364. The summed E-state index contributed by atoms with van der Waals surface area (Å²) in [5.74, 6) is 0. The van der Waals surface area contributed by atoms with E-state index in [0.717, 1.165) is 0 Å². The van der Waals surface area contributed by atoms with Gasteiger partial charge in [0.25, 0.3) is 0 Å². The average molecular weight is 319 g/mol. The summed E-state index contributed by atoms with van der Waals surface area (Å²) in [5, 5.41) is 9.22. The summed E-state index contributed by atoms with van der Waals surface area (Å²) in [6, 6.07) is 5.89. The first-order valence-electron chi connectivity index (χ1n) is 5.38. The van der Waals surface area contributed by atoms with Gasteiger partial charge in [0.2, 0.25) is 0 Å². The number of benzene rings is 1. The van der Waals surface area contributed by atoms with Crippen LogP contribution < -0.4 is 10.6 Å². The SMILES string of the molecule is COP(=O)(OC)c1cc(C#N)cc(P(=O)(OC)OC)c1. The van der Waals surface area contributed by atoms with Gasteiger partial charge in [0.1, 0.15) is 0 Å². The van der Waals surface area contributed by atoms with Crippen LogP contribution in [0.5, 0.6) is 0 Å². The highest BCUT2D eigenvalue weighted by Crippen LogP contribution is 2.48. The molecule has 0 unspecified atom stereocenters. The fourth-order valence-corrected chi connectivity index (χ4v) is 3.98. The van der Waals surface area contributed by atoms with Gasteiger partial charge in [0.15, 0.2) is 0 Å². The zero-order valence-electron chi connectivity index (χ0n) is 11.5. The van der Waals surface area contributed by atoms with Gasteiger partial charge in [0.05, 0.1) is 22.2 Å².